The van der Waals surface area contributed by atoms with Crippen LogP contribution in [0.4, 0.5) is 5.95 Å². The minimum atomic E-state index is 0.503. The quantitative estimate of drug-likeness (QED) is 0.794. The standard InChI is InChI=1S/C10H18N4/c1-8(6-9-4-3-5-9)13-10-11-7-12-14(10)2/h7-9H,3-6H2,1-2H3,(H,11,12,13). The predicted molar refractivity (Wildman–Crippen MR) is 56.0 cm³/mol. The highest BCUT2D eigenvalue weighted by molar-refractivity contribution is 5.24. The maximum Gasteiger partial charge on any atom is 0.221 e. The Labute approximate surface area is 84.7 Å². The molecule has 1 aromatic heterocycles. The molecule has 78 valence electrons. The second-order valence-electron chi connectivity index (χ2n) is 4.29. The zero-order chi connectivity index (χ0) is 9.97. The second-order valence-corrected chi connectivity index (χ2v) is 4.29. The highest BCUT2D eigenvalue weighted by atomic mass is 15.4. The van der Waals surface area contributed by atoms with Gasteiger partial charge in [-0.1, -0.05) is 19.3 Å². The van der Waals surface area contributed by atoms with Crippen molar-refractivity contribution in [1.82, 2.24) is 14.8 Å². The fraction of sp³-hybridized carbons (Fsp3) is 0.800. The molecule has 0 aliphatic heterocycles. The summed E-state index contributed by atoms with van der Waals surface area (Å²) in [6, 6.07) is 0.503. The SMILES string of the molecule is CC(CC1CCC1)Nc1ncnn1C. The molecule has 0 bridgehead atoms. The van der Waals surface area contributed by atoms with Gasteiger partial charge in [-0.15, -0.1) is 0 Å². The number of hydrogen-bond donors (Lipinski definition) is 1. The number of anilines is 1. The van der Waals surface area contributed by atoms with Gasteiger partial charge in [-0.2, -0.15) is 10.1 Å². The molecule has 1 aliphatic carbocycles. The zero-order valence-electron chi connectivity index (χ0n) is 8.90. The van der Waals surface area contributed by atoms with Gasteiger partial charge in [0.1, 0.15) is 6.33 Å². The predicted octanol–water partition coefficient (Wildman–Crippen LogP) is 1.81. The average molecular weight is 194 g/mol. The Morgan fingerprint density at radius 3 is 2.93 bits per heavy atom. The third kappa shape index (κ3) is 2.05. The molecule has 0 saturated heterocycles. The number of aromatic nitrogens is 3. The molecule has 4 nitrogen and oxygen atoms in total. The van der Waals surface area contributed by atoms with Crippen molar-refractivity contribution in [1.29, 1.82) is 0 Å². The number of rotatable bonds is 4. The van der Waals surface area contributed by atoms with Crippen LogP contribution in [0.25, 0.3) is 0 Å². The van der Waals surface area contributed by atoms with E-state index < -0.39 is 0 Å². The van der Waals surface area contributed by atoms with Gasteiger partial charge in [-0.05, 0) is 19.3 Å². The van der Waals surface area contributed by atoms with E-state index in [1.165, 1.54) is 25.7 Å². The molecule has 0 aromatic carbocycles. The molecule has 1 fully saturated rings. The van der Waals surface area contributed by atoms with E-state index >= 15 is 0 Å². The van der Waals surface area contributed by atoms with Crippen LogP contribution >= 0.6 is 0 Å². The molecule has 14 heavy (non-hydrogen) atoms. The van der Waals surface area contributed by atoms with Crippen molar-refractivity contribution >= 4 is 5.95 Å². The van der Waals surface area contributed by atoms with Crippen molar-refractivity contribution in [2.75, 3.05) is 5.32 Å². The van der Waals surface area contributed by atoms with Crippen LogP contribution in [-0.4, -0.2) is 20.8 Å². The number of nitrogens with zero attached hydrogens (tertiary/aromatic N) is 3. The van der Waals surface area contributed by atoms with Crippen LogP contribution in [0.1, 0.15) is 32.6 Å². The van der Waals surface area contributed by atoms with E-state index in [9.17, 15) is 0 Å². The van der Waals surface area contributed by atoms with Gasteiger partial charge in [0.2, 0.25) is 5.95 Å². The Morgan fingerprint density at radius 1 is 1.64 bits per heavy atom. The van der Waals surface area contributed by atoms with Crippen LogP contribution in [0.2, 0.25) is 0 Å². The van der Waals surface area contributed by atoms with Crippen molar-refractivity contribution in [2.45, 2.75) is 38.6 Å². The Bertz CT molecular complexity index is 290. The van der Waals surface area contributed by atoms with Gasteiger partial charge in [-0.25, -0.2) is 4.68 Å². The van der Waals surface area contributed by atoms with Gasteiger partial charge in [-0.3, -0.25) is 0 Å². The van der Waals surface area contributed by atoms with Crippen LogP contribution in [-0.2, 0) is 7.05 Å². The van der Waals surface area contributed by atoms with Crippen LogP contribution in [0.5, 0.6) is 0 Å². The first kappa shape index (κ1) is 9.49. The summed E-state index contributed by atoms with van der Waals surface area (Å²) in [5, 5.41) is 7.40. The van der Waals surface area contributed by atoms with Gasteiger partial charge in [0.05, 0.1) is 0 Å². The first-order chi connectivity index (χ1) is 6.75. The molecule has 1 saturated carbocycles. The minimum Gasteiger partial charge on any atom is -0.352 e. The first-order valence-corrected chi connectivity index (χ1v) is 5.36. The molecule has 4 heteroatoms. The van der Waals surface area contributed by atoms with Crippen molar-refractivity contribution in [3.63, 3.8) is 0 Å². The number of hydrogen-bond acceptors (Lipinski definition) is 3. The molecule has 1 heterocycles. The highest BCUT2D eigenvalue weighted by Gasteiger charge is 2.20. The van der Waals surface area contributed by atoms with Crippen molar-refractivity contribution in [3.8, 4) is 0 Å². The monoisotopic (exact) mass is 194 g/mol. The lowest BCUT2D eigenvalue weighted by atomic mass is 9.81. The third-order valence-electron chi connectivity index (χ3n) is 3.00. The van der Waals surface area contributed by atoms with E-state index in [1.54, 1.807) is 11.0 Å². The molecular formula is C10H18N4. The average Bonchev–Trinajstić information content (AvgIpc) is 2.45. The third-order valence-corrected chi connectivity index (χ3v) is 3.00. The smallest absolute Gasteiger partial charge is 0.221 e. The fourth-order valence-corrected chi connectivity index (χ4v) is 1.93. The second kappa shape index (κ2) is 3.98. The van der Waals surface area contributed by atoms with Crippen LogP contribution in [0, 0.1) is 5.92 Å². The molecule has 2 rings (SSSR count). The van der Waals surface area contributed by atoms with Gasteiger partial charge in [0.15, 0.2) is 0 Å². The first-order valence-electron chi connectivity index (χ1n) is 5.36. The molecular weight excluding hydrogens is 176 g/mol. The molecule has 1 atom stereocenters. The summed E-state index contributed by atoms with van der Waals surface area (Å²) in [4.78, 5) is 4.15. The van der Waals surface area contributed by atoms with Gasteiger partial charge in [0.25, 0.3) is 0 Å². The lowest BCUT2D eigenvalue weighted by Crippen LogP contribution is -2.24. The molecule has 0 radical (unpaired) electrons. The Kier molecular flexibility index (Phi) is 2.70. The summed E-state index contributed by atoms with van der Waals surface area (Å²) in [7, 11) is 1.91. The minimum absolute atomic E-state index is 0.503. The summed E-state index contributed by atoms with van der Waals surface area (Å²) < 4.78 is 1.78. The number of nitrogens with one attached hydrogen (secondary N) is 1. The Hall–Kier alpha value is -1.06. The van der Waals surface area contributed by atoms with Crippen molar-refractivity contribution < 1.29 is 0 Å². The van der Waals surface area contributed by atoms with Gasteiger partial charge >= 0.3 is 0 Å². The molecule has 1 aromatic rings. The van der Waals surface area contributed by atoms with E-state index in [4.69, 9.17) is 0 Å². The van der Waals surface area contributed by atoms with Crippen LogP contribution in [0.15, 0.2) is 6.33 Å². The summed E-state index contributed by atoms with van der Waals surface area (Å²) in [6.45, 7) is 2.22. The summed E-state index contributed by atoms with van der Waals surface area (Å²) in [5.74, 6) is 1.81. The lowest BCUT2D eigenvalue weighted by Gasteiger charge is -2.28. The van der Waals surface area contributed by atoms with Gasteiger partial charge in [0, 0.05) is 13.1 Å². The number of aryl methyl sites for hydroxylation is 1. The maximum absolute atomic E-state index is 4.15. The topological polar surface area (TPSA) is 42.7 Å². The van der Waals surface area contributed by atoms with Crippen LogP contribution in [0.3, 0.4) is 0 Å². The van der Waals surface area contributed by atoms with Crippen LogP contribution < -0.4 is 5.32 Å². The summed E-state index contributed by atoms with van der Waals surface area (Å²) >= 11 is 0. The molecule has 1 unspecified atom stereocenters. The molecule has 1 N–H and O–H groups in total. The summed E-state index contributed by atoms with van der Waals surface area (Å²) in [5.41, 5.74) is 0. The van der Waals surface area contributed by atoms with Crippen molar-refractivity contribution in [3.05, 3.63) is 6.33 Å². The van der Waals surface area contributed by atoms with Gasteiger partial charge < -0.3 is 5.32 Å². The van der Waals surface area contributed by atoms with E-state index in [1.807, 2.05) is 7.05 Å². The fourth-order valence-electron chi connectivity index (χ4n) is 1.93. The molecule has 1 aliphatic rings. The largest absolute Gasteiger partial charge is 0.352 e. The van der Waals surface area contributed by atoms with E-state index in [0.717, 1.165) is 11.9 Å². The lowest BCUT2D eigenvalue weighted by molar-refractivity contribution is 0.285. The molecule has 0 spiro atoms. The van der Waals surface area contributed by atoms with Crippen molar-refractivity contribution in [2.24, 2.45) is 13.0 Å². The van der Waals surface area contributed by atoms with E-state index in [0.29, 0.717) is 6.04 Å². The maximum atomic E-state index is 4.15. The highest BCUT2D eigenvalue weighted by Crippen LogP contribution is 2.30. The van der Waals surface area contributed by atoms with E-state index in [-0.39, 0.29) is 0 Å². The summed E-state index contributed by atoms with van der Waals surface area (Å²) in [6.07, 6.45) is 7.07. The normalized spacial score (nSPS) is 19.0. The zero-order valence-corrected chi connectivity index (χ0v) is 8.90. The molecule has 0 amide bonds. The Morgan fingerprint density at radius 2 is 2.43 bits per heavy atom. The Balaban J connectivity index is 1.81. The van der Waals surface area contributed by atoms with E-state index in [2.05, 4.69) is 22.3 Å².